The van der Waals surface area contributed by atoms with Gasteiger partial charge in [0.2, 0.25) is 0 Å². The van der Waals surface area contributed by atoms with Crippen LogP contribution in [0.5, 0.6) is 5.75 Å². The summed E-state index contributed by atoms with van der Waals surface area (Å²) >= 11 is 3.50. The zero-order valence-electron chi connectivity index (χ0n) is 11.7. The predicted octanol–water partition coefficient (Wildman–Crippen LogP) is 4.50. The minimum Gasteiger partial charge on any atom is -0.556 e. The minimum atomic E-state index is 0.792. The van der Waals surface area contributed by atoms with Crippen LogP contribution in [0.2, 0.25) is 0 Å². The molecule has 1 radical (unpaired) electrons. The molecule has 0 spiro atoms. The lowest BCUT2D eigenvalue weighted by atomic mass is 9.81. The van der Waals surface area contributed by atoms with E-state index in [-0.39, 0.29) is 0 Å². The second-order valence-electron chi connectivity index (χ2n) is 5.13. The average molecular weight is 349 g/mol. The molecule has 0 aliphatic carbocycles. The summed E-state index contributed by atoms with van der Waals surface area (Å²) in [5.74, 6) is 0.792. The summed E-state index contributed by atoms with van der Waals surface area (Å²) in [7, 11) is 1.81. The molecule has 0 atom stereocenters. The van der Waals surface area contributed by atoms with Gasteiger partial charge in [-0.1, -0.05) is 58.4 Å². The van der Waals surface area contributed by atoms with E-state index in [0.717, 1.165) is 38.2 Å². The van der Waals surface area contributed by atoms with Gasteiger partial charge in [0.05, 0.1) is 5.69 Å². The molecule has 1 aliphatic rings. The van der Waals surface area contributed by atoms with E-state index in [4.69, 9.17) is 4.65 Å². The summed E-state index contributed by atoms with van der Waals surface area (Å²) in [4.78, 5) is 0. The lowest BCUT2D eigenvalue weighted by molar-refractivity contribution is 0.607. The van der Waals surface area contributed by atoms with E-state index < -0.39 is 0 Å². The van der Waals surface area contributed by atoms with E-state index >= 15 is 0 Å². The van der Waals surface area contributed by atoms with Crippen molar-refractivity contribution < 1.29 is 4.65 Å². The number of hydrogen-bond donors (Lipinski definition) is 1. The molecule has 0 amide bonds. The quantitative estimate of drug-likeness (QED) is 0.604. The van der Waals surface area contributed by atoms with Crippen molar-refractivity contribution >= 4 is 40.2 Å². The minimum absolute atomic E-state index is 0.792. The molecular formula is C18H12BBrNO. The van der Waals surface area contributed by atoms with Crippen molar-refractivity contribution in [3.63, 3.8) is 0 Å². The fourth-order valence-corrected chi connectivity index (χ4v) is 2.98. The molecule has 0 saturated carbocycles. The van der Waals surface area contributed by atoms with E-state index in [1.807, 2.05) is 43.9 Å². The van der Waals surface area contributed by atoms with Gasteiger partial charge in [0.1, 0.15) is 5.75 Å². The molecule has 1 heterocycles. The number of fused-ring (bicyclic) bond motifs is 4. The highest BCUT2D eigenvalue weighted by Crippen LogP contribution is 2.35. The Morgan fingerprint density at radius 3 is 2.50 bits per heavy atom. The first-order valence-corrected chi connectivity index (χ1v) is 7.85. The Kier molecular flexibility index (Phi) is 3.39. The zero-order chi connectivity index (χ0) is 14.9. The molecule has 0 aromatic heterocycles. The molecule has 4 rings (SSSR count). The number of anilines is 2. The number of halogens is 1. The zero-order valence-corrected chi connectivity index (χ0v) is 13.3. The fourth-order valence-electron chi connectivity index (χ4n) is 2.64. The van der Waals surface area contributed by atoms with Gasteiger partial charge < -0.3 is 9.97 Å². The fraction of sp³-hybridized carbons (Fsp3) is 0. The summed E-state index contributed by atoms with van der Waals surface area (Å²) in [6.07, 6.45) is 0. The normalized spacial score (nSPS) is 12.0. The molecule has 1 N–H and O–H groups in total. The maximum Gasteiger partial charge on any atom is 0.409 e. The molecule has 2 nitrogen and oxygen atoms in total. The maximum atomic E-state index is 5.93. The number of nitrogens with one attached hydrogen (secondary N) is 1. The van der Waals surface area contributed by atoms with Crippen LogP contribution in [-0.2, 0) is 0 Å². The maximum absolute atomic E-state index is 5.93. The molecular weight excluding hydrogens is 337 g/mol. The van der Waals surface area contributed by atoms with Gasteiger partial charge in [0.25, 0.3) is 0 Å². The van der Waals surface area contributed by atoms with Crippen LogP contribution in [0.4, 0.5) is 11.4 Å². The average Bonchev–Trinajstić information content (AvgIpc) is 2.61. The molecule has 0 unspecified atom stereocenters. The van der Waals surface area contributed by atoms with Crippen molar-refractivity contribution in [2.45, 2.75) is 0 Å². The van der Waals surface area contributed by atoms with E-state index in [1.165, 1.54) is 0 Å². The third-order valence-electron chi connectivity index (χ3n) is 3.70. The molecule has 1 aliphatic heterocycles. The highest BCUT2D eigenvalue weighted by atomic mass is 79.9. The van der Waals surface area contributed by atoms with Crippen LogP contribution in [0.15, 0.2) is 71.2 Å². The Balaban J connectivity index is 1.94. The van der Waals surface area contributed by atoms with Gasteiger partial charge in [0, 0.05) is 15.7 Å². The molecule has 3 aromatic rings. The highest BCUT2D eigenvalue weighted by Gasteiger charge is 2.16. The van der Waals surface area contributed by atoms with Crippen molar-refractivity contribution in [3.8, 4) is 16.9 Å². The largest absolute Gasteiger partial charge is 0.556 e. The Morgan fingerprint density at radius 1 is 0.818 bits per heavy atom. The van der Waals surface area contributed by atoms with Crippen LogP contribution in [-0.4, -0.2) is 7.48 Å². The number of rotatable bonds is 0. The Hall–Kier alpha value is -2.20. The van der Waals surface area contributed by atoms with Crippen LogP contribution in [0.3, 0.4) is 0 Å². The lowest BCUT2D eigenvalue weighted by Crippen LogP contribution is -2.22. The van der Waals surface area contributed by atoms with Gasteiger partial charge in [0.15, 0.2) is 0 Å². The van der Waals surface area contributed by atoms with E-state index in [0.29, 0.717) is 0 Å². The van der Waals surface area contributed by atoms with E-state index in [9.17, 15) is 0 Å². The molecule has 0 saturated heterocycles. The highest BCUT2D eigenvalue weighted by molar-refractivity contribution is 9.10. The van der Waals surface area contributed by atoms with Gasteiger partial charge in [-0.05, 0) is 35.3 Å². The van der Waals surface area contributed by atoms with Gasteiger partial charge in [-0.2, -0.15) is 0 Å². The van der Waals surface area contributed by atoms with Gasteiger partial charge in [-0.25, -0.2) is 0 Å². The van der Waals surface area contributed by atoms with Crippen molar-refractivity contribution in [3.05, 3.63) is 71.2 Å². The smallest absolute Gasteiger partial charge is 0.409 e. The first-order chi connectivity index (χ1) is 10.8. The molecule has 4 heteroatoms. The van der Waals surface area contributed by atoms with Crippen LogP contribution >= 0.6 is 15.9 Å². The topological polar surface area (TPSA) is 21.3 Å². The third kappa shape index (κ3) is 2.40. The summed E-state index contributed by atoms with van der Waals surface area (Å²) in [6, 6.07) is 22.5. The molecule has 0 bridgehead atoms. The SMILES string of the molecule is Brc1ccc2c(c1)O[B]c1ccccc1-c1ccccc1N2. The van der Waals surface area contributed by atoms with Gasteiger partial charge in [-0.15, -0.1) is 0 Å². The Bertz CT molecular complexity index is 850. The van der Waals surface area contributed by atoms with E-state index in [2.05, 4.69) is 51.6 Å². The first kappa shape index (κ1) is 13.5. The van der Waals surface area contributed by atoms with E-state index in [1.54, 1.807) is 0 Å². The predicted molar refractivity (Wildman–Crippen MR) is 95.3 cm³/mol. The first-order valence-electron chi connectivity index (χ1n) is 7.06. The van der Waals surface area contributed by atoms with Crippen molar-refractivity contribution in [1.29, 1.82) is 0 Å². The lowest BCUT2D eigenvalue weighted by Gasteiger charge is -2.14. The van der Waals surface area contributed by atoms with Crippen LogP contribution < -0.4 is 15.4 Å². The van der Waals surface area contributed by atoms with Gasteiger partial charge >= 0.3 is 7.48 Å². The van der Waals surface area contributed by atoms with Crippen molar-refractivity contribution in [1.82, 2.24) is 0 Å². The standard InChI is InChI=1S/C18H12BBrNO/c20-12-9-10-17-18(11-12)22-19-15-7-3-1-5-13(15)14-6-2-4-8-16(14)21-17/h1-11,21H. The Labute approximate surface area is 138 Å². The molecule has 3 aromatic carbocycles. The molecule has 105 valence electrons. The second kappa shape index (κ2) is 5.54. The molecule has 0 fully saturated rings. The summed E-state index contributed by atoms with van der Waals surface area (Å²) in [5.41, 5.74) is 5.38. The van der Waals surface area contributed by atoms with Crippen molar-refractivity contribution in [2.75, 3.05) is 5.32 Å². The third-order valence-corrected chi connectivity index (χ3v) is 4.20. The van der Waals surface area contributed by atoms with Crippen LogP contribution in [0.25, 0.3) is 11.1 Å². The number of hydrogen-bond acceptors (Lipinski definition) is 2. The van der Waals surface area contributed by atoms with Crippen molar-refractivity contribution in [2.24, 2.45) is 0 Å². The molecule has 22 heavy (non-hydrogen) atoms. The summed E-state index contributed by atoms with van der Waals surface area (Å²) in [6.45, 7) is 0. The summed E-state index contributed by atoms with van der Waals surface area (Å²) < 4.78 is 6.92. The van der Waals surface area contributed by atoms with Gasteiger partial charge in [-0.3, -0.25) is 0 Å². The monoisotopic (exact) mass is 348 g/mol. The Morgan fingerprint density at radius 2 is 1.59 bits per heavy atom. The summed E-state index contributed by atoms with van der Waals surface area (Å²) in [5, 5.41) is 3.49. The van der Waals surface area contributed by atoms with Crippen LogP contribution in [0.1, 0.15) is 0 Å². The number of benzene rings is 3. The number of para-hydroxylation sites is 1. The second-order valence-corrected chi connectivity index (χ2v) is 6.05. The van der Waals surface area contributed by atoms with Crippen LogP contribution in [0, 0.1) is 0 Å².